The molecule has 4 rings (SSSR count). The highest BCUT2D eigenvalue weighted by molar-refractivity contribution is 7.92. The fourth-order valence-electron chi connectivity index (χ4n) is 3.83. The van der Waals surface area contributed by atoms with E-state index in [9.17, 15) is 17.6 Å². The number of nitrogens with zero attached hydrogens (tertiary/aromatic N) is 3. The summed E-state index contributed by atoms with van der Waals surface area (Å²) in [5.41, 5.74) is 2.35. The molecule has 1 heterocycles. The van der Waals surface area contributed by atoms with Crippen LogP contribution < -0.4 is 9.21 Å². The normalized spacial score (nSPS) is 14.2. The lowest BCUT2D eigenvalue weighted by molar-refractivity contribution is -0.129. The average molecular weight is 468 g/mol. The fraction of sp³-hybridized carbons (Fsp3) is 0.240. The van der Waals surface area contributed by atoms with Crippen molar-refractivity contribution in [3.63, 3.8) is 0 Å². The summed E-state index contributed by atoms with van der Waals surface area (Å²) >= 11 is 0. The van der Waals surface area contributed by atoms with Gasteiger partial charge in [-0.2, -0.15) is 0 Å². The first-order valence-electron chi connectivity index (χ1n) is 10.8. The van der Waals surface area contributed by atoms with E-state index in [-0.39, 0.29) is 23.2 Å². The molecule has 172 valence electrons. The molecule has 0 atom stereocenters. The first-order valence-corrected chi connectivity index (χ1v) is 12.2. The molecule has 1 amide bonds. The van der Waals surface area contributed by atoms with Gasteiger partial charge in [-0.15, -0.1) is 0 Å². The highest BCUT2D eigenvalue weighted by Crippen LogP contribution is 2.25. The van der Waals surface area contributed by atoms with Crippen molar-refractivity contribution in [2.45, 2.75) is 11.8 Å². The summed E-state index contributed by atoms with van der Waals surface area (Å²) in [5.74, 6) is -0.544. The molecule has 1 fully saturated rings. The van der Waals surface area contributed by atoms with E-state index in [0.717, 1.165) is 11.3 Å². The molecule has 1 aliphatic heterocycles. The molecule has 0 N–H and O–H groups in total. The number of carbonyl (C=O) groups is 1. The second-order valence-corrected chi connectivity index (χ2v) is 9.87. The highest BCUT2D eigenvalue weighted by atomic mass is 32.2. The maximum atomic E-state index is 13.4. The van der Waals surface area contributed by atoms with Gasteiger partial charge in [0, 0.05) is 31.9 Å². The standard InChI is InChI=1S/C25H26FN3O3S/c1-20-7-11-23(12-8-20)29(33(31,32)24-5-3-2-4-6-24)19-25(30)28-17-15-27(16-18-28)22-13-9-21(26)10-14-22/h2-14H,15-19H2,1H3. The number of halogens is 1. The molecule has 0 spiro atoms. The number of hydrogen-bond donors (Lipinski definition) is 0. The molecule has 0 bridgehead atoms. The Morgan fingerprint density at radius 2 is 1.48 bits per heavy atom. The van der Waals surface area contributed by atoms with Crippen LogP contribution in [0.4, 0.5) is 15.8 Å². The van der Waals surface area contributed by atoms with E-state index in [4.69, 9.17) is 0 Å². The third kappa shape index (κ3) is 5.17. The minimum Gasteiger partial charge on any atom is -0.368 e. The summed E-state index contributed by atoms with van der Waals surface area (Å²) in [6.45, 7) is 3.75. The lowest BCUT2D eigenvalue weighted by atomic mass is 10.2. The molecule has 3 aromatic rings. The molecule has 0 unspecified atom stereocenters. The zero-order valence-corrected chi connectivity index (χ0v) is 19.2. The number of hydrogen-bond acceptors (Lipinski definition) is 4. The van der Waals surface area contributed by atoms with Crippen LogP contribution in [0.2, 0.25) is 0 Å². The summed E-state index contributed by atoms with van der Waals surface area (Å²) in [6, 6.07) is 21.5. The van der Waals surface area contributed by atoms with Gasteiger partial charge in [-0.25, -0.2) is 12.8 Å². The van der Waals surface area contributed by atoms with Crippen LogP contribution in [0.1, 0.15) is 5.56 Å². The Labute approximate surface area is 193 Å². The van der Waals surface area contributed by atoms with Crippen LogP contribution in [0, 0.1) is 12.7 Å². The molecule has 1 aliphatic rings. The van der Waals surface area contributed by atoms with Crippen LogP contribution in [0.3, 0.4) is 0 Å². The topological polar surface area (TPSA) is 60.9 Å². The van der Waals surface area contributed by atoms with Crippen molar-refractivity contribution < 1.29 is 17.6 Å². The summed E-state index contributed by atoms with van der Waals surface area (Å²) in [5, 5.41) is 0. The second-order valence-electron chi connectivity index (χ2n) is 8.00. The molecule has 8 heteroatoms. The third-order valence-corrected chi connectivity index (χ3v) is 7.54. The van der Waals surface area contributed by atoms with Crippen LogP contribution in [0.5, 0.6) is 0 Å². The van der Waals surface area contributed by atoms with Crippen molar-refractivity contribution in [3.8, 4) is 0 Å². The summed E-state index contributed by atoms with van der Waals surface area (Å²) < 4.78 is 41.2. The number of benzene rings is 3. The quantitative estimate of drug-likeness (QED) is 0.555. The Bertz CT molecular complexity index is 1190. The Morgan fingerprint density at radius 1 is 0.879 bits per heavy atom. The van der Waals surface area contributed by atoms with Crippen molar-refractivity contribution in [1.82, 2.24) is 4.90 Å². The van der Waals surface area contributed by atoms with Crippen molar-refractivity contribution in [2.75, 3.05) is 41.9 Å². The third-order valence-electron chi connectivity index (χ3n) is 5.76. The number of anilines is 2. The van der Waals surface area contributed by atoms with E-state index < -0.39 is 10.0 Å². The maximum absolute atomic E-state index is 13.4. The van der Waals surface area contributed by atoms with E-state index in [2.05, 4.69) is 4.90 Å². The number of rotatable bonds is 6. The number of carbonyl (C=O) groups excluding carboxylic acids is 1. The molecule has 0 radical (unpaired) electrons. The number of aryl methyl sites for hydroxylation is 1. The highest BCUT2D eigenvalue weighted by Gasteiger charge is 2.30. The van der Waals surface area contributed by atoms with Gasteiger partial charge in [0.05, 0.1) is 10.6 Å². The Balaban J connectivity index is 1.51. The zero-order chi connectivity index (χ0) is 23.4. The molecular formula is C25H26FN3O3S. The lowest BCUT2D eigenvalue weighted by Gasteiger charge is -2.37. The predicted octanol–water partition coefficient (Wildman–Crippen LogP) is 3.68. The van der Waals surface area contributed by atoms with Gasteiger partial charge in [0.25, 0.3) is 10.0 Å². The number of sulfonamides is 1. The first-order chi connectivity index (χ1) is 15.8. The number of piperazine rings is 1. The molecule has 33 heavy (non-hydrogen) atoms. The molecule has 3 aromatic carbocycles. The predicted molar refractivity (Wildman–Crippen MR) is 127 cm³/mol. The molecule has 6 nitrogen and oxygen atoms in total. The second kappa shape index (κ2) is 9.62. The summed E-state index contributed by atoms with van der Waals surface area (Å²) in [7, 11) is -3.92. The van der Waals surface area contributed by atoms with Crippen LogP contribution in [0.15, 0.2) is 83.8 Å². The van der Waals surface area contributed by atoms with Gasteiger partial charge in [0.2, 0.25) is 5.91 Å². The maximum Gasteiger partial charge on any atom is 0.264 e. The lowest BCUT2D eigenvalue weighted by Crippen LogP contribution is -2.52. The molecule has 0 aromatic heterocycles. The zero-order valence-electron chi connectivity index (χ0n) is 18.4. The fourth-order valence-corrected chi connectivity index (χ4v) is 5.27. The van der Waals surface area contributed by atoms with Crippen molar-refractivity contribution in [2.24, 2.45) is 0 Å². The molecular weight excluding hydrogens is 441 g/mol. The van der Waals surface area contributed by atoms with Gasteiger partial charge in [-0.1, -0.05) is 35.9 Å². The summed E-state index contributed by atoms with van der Waals surface area (Å²) in [6.07, 6.45) is 0. The van der Waals surface area contributed by atoms with E-state index in [1.165, 1.54) is 28.6 Å². The Kier molecular flexibility index (Phi) is 6.65. The molecule has 1 saturated heterocycles. The van der Waals surface area contributed by atoms with Gasteiger partial charge in [0.15, 0.2) is 0 Å². The van der Waals surface area contributed by atoms with Crippen LogP contribution in [0.25, 0.3) is 0 Å². The Morgan fingerprint density at radius 3 is 2.09 bits per heavy atom. The smallest absolute Gasteiger partial charge is 0.264 e. The van der Waals surface area contributed by atoms with Crippen LogP contribution in [-0.4, -0.2) is 51.9 Å². The van der Waals surface area contributed by atoms with Crippen LogP contribution in [-0.2, 0) is 14.8 Å². The van der Waals surface area contributed by atoms with Crippen molar-refractivity contribution >= 4 is 27.3 Å². The SMILES string of the molecule is Cc1ccc(N(CC(=O)N2CCN(c3ccc(F)cc3)CC2)S(=O)(=O)c2ccccc2)cc1. The molecule has 0 aliphatic carbocycles. The molecule has 0 saturated carbocycles. The van der Waals surface area contributed by atoms with E-state index in [0.29, 0.717) is 31.9 Å². The van der Waals surface area contributed by atoms with Gasteiger partial charge in [0.1, 0.15) is 12.4 Å². The minimum atomic E-state index is -3.92. The van der Waals surface area contributed by atoms with E-state index in [1.54, 1.807) is 47.4 Å². The Hall–Kier alpha value is -3.39. The first kappa shape index (κ1) is 22.8. The largest absolute Gasteiger partial charge is 0.368 e. The van der Waals surface area contributed by atoms with Gasteiger partial charge in [-0.3, -0.25) is 9.10 Å². The summed E-state index contributed by atoms with van der Waals surface area (Å²) in [4.78, 5) is 17.1. The number of amides is 1. The monoisotopic (exact) mass is 467 g/mol. The van der Waals surface area contributed by atoms with E-state index in [1.807, 2.05) is 19.1 Å². The van der Waals surface area contributed by atoms with Crippen molar-refractivity contribution in [3.05, 3.63) is 90.2 Å². The van der Waals surface area contributed by atoms with E-state index >= 15 is 0 Å². The van der Waals surface area contributed by atoms with Gasteiger partial charge < -0.3 is 9.80 Å². The minimum absolute atomic E-state index is 0.138. The van der Waals surface area contributed by atoms with Gasteiger partial charge >= 0.3 is 0 Å². The average Bonchev–Trinajstić information content (AvgIpc) is 2.84. The van der Waals surface area contributed by atoms with Gasteiger partial charge in [-0.05, 0) is 55.5 Å². The van der Waals surface area contributed by atoms with Crippen LogP contribution >= 0.6 is 0 Å². The van der Waals surface area contributed by atoms with Crippen molar-refractivity contribution in [1.29, 1.82) is 0 Å².